The molecule has 107 valence electrons. The molecule has 1 heterocycles. The molecule has 0 amide bonds. The fourth-order valence-electron chi connectivity index (χ4n) is 3.67. The molecule has 19 heavy (non-hydrogen) atoms. The van der Waals surface area contributed by atoms with E-state index in [1.54, 1.807) is 9.45 Å². The molecule has 1 aliphatic heterocycles. The van der Waals surface area contributed by atoms with Gasteiger partial charge in [-0.1, -0.05) is 0 Å². The van der Waals surface area contributed by atoms with Gasteiger partial charge < -0.3 is 24.8 Å². The van der Waals surface area contributed by atoms with Crippen molar-refractivity contribution in [2.45, 2.75) is 52.4 Å². The van der Waals surface area contributed by atoms with Gasteiger partial charge in [0.1, 0.15) is 0 Å². The van der Waals surface area contributed by atoms with Crippen LogP contribution in [0.4, 0.5) is 0 Å². The summed E-state index contributed by atoms with van der Waals surface area (Å²) in [5, 5.41) is 3.92. The molecule has 2 fully saturated rings. The fraction of sp³-hybridized carbons (Fsp3) is 0.733. The maximum atomic E-state index is 3.92. The van der Waals surface area contributed by atoms with Crippen LogP contribution < -0.4 is 30.1 Å². The average Bonchev–Trinajstić information content (AvgIpc) is 2.98. The summed E-state index contributed by atoms with van der Waals surface area (Å²) in [6.07, 6.45) is 10.9. The van der Waals surface area contributed by atoms with Crippen LogP contribution in [0.15, 0.2) is 24.3 Å². The number of hydrogen-bond donors (Lipinski definition) is 1. The van der Waals surface area contributed by atoms with Crippen LogP contribution >= 0.6 is 0 Å². The number of nitrogens with one attached hydrogen (secondary N) is 1. The zero-order chi connectivity index (χ0) is 12.0. The maximum Gasteiger partial charge on any atom is -1.00 e. The second kappa shape index (κ2) is 6.66. The Morgan fingerprint density at radius 3 is 2.26 bits per heavy atom. The van der Waals surface area contributed by atoms with E-state index in [4.69, 9.17) is 0 Å². The van der Waals surface area contributed by atoms with Gasteiger partial charge in [-0.15, -0.1) is 0 Å². The summed E-state index contributed by atoms with van der Waals surface area (Å²) in [7, 11) is 0. The quantitative estimate of drug-likeness (QED) is 0.563. The van der Waals surface area contributed by atoms with E-state index in [0.29, 0.717) is 0 Å². The van der Waals surface area contributed by atoms with Gasteiger partial charge in [0, 0.05) is 0 Å². The third kappa shape index (κ3) is 4.11. The zero-order valence-electron chi connectivity index (χ0n) is 12.0. The molecule has 3 rings (SSSR count). The summed E-state index contributed by atoms with van der Waals surface area (Å²) in [5.41, 5.74) is 0.275. The molecule has 1 saturated carbocycles. The van der Waals surface area contributed by atoms with Gasteiger partial charge in [0.2, 0.25) is 0 Å². The molecule has 4 atom stereocenters. The Morgan fingerprint density at radius 1 is 1.05 bits per heavy atom. The van der Waals surface area contributed by atoms with Crippen LogP contribution in [0, 0.1) is 11.8 Å². The predicted molar refractivity (Wildman–Crippen MR) is 69.9 cm³/mol. The van der Waals surface area contributed by atoms with Gasteiger partial charge in [0.15, 0.2) is 0 Å². The van der Waals surface area contributed by atoms with Gasteiger partial charge in [0.05, 0.1) is 0 Å². The average molecular weight is 337 g/mol. The Morgan fingerprint density at radius 2 is 1.68 bits per heavy atom. The molecule has 1 nitrogen and oxygen atoms in total. The van der Waals surface area contributed by atoms with E-state index >= 15 is 0 Å². The van der Waals surface area contributed by atoms with Crippen molar-refractivity contribution in [2.75, 3.05) is 0 Å². The second-order valence-electron chi connectivity index (χ2n) is 6.93. The first-order valence-corrected chi connectivity index (χ1v) is 10.1. The van der Waals surface area contributed by atoms with Crippen molar-refractivity contribution in [3.63, 3.8) is 0 Å². The summed E-state index contributed by atoms with van der Waals surface area (Å²) < 4.78 is 4.32. The van der Waals surface area contributed by atoms with Crippen LogP contribution in [-0.2, 0) is 17.9 Å². The molecule has 2 aliphatic carbocycles. The van der Waals surface area contributed by atoms with Crippen LogP contribution in [0.1, 0.15) is 27.2 Å². The first kappa shape index (κ1) is 17.8. The van der Waals surface area contributed by atoms with Gasteiger partial charge in [-0.25, -0.2) is 0 Å². The Bertz CT molecular complexity index is 358. The maximum absolute atomic E-state index is 3.92. The minimum atomic E-state index is -0.635. The van der Waals surface area contributed by atoms with E-state index in [-0.39, 0.29) is 30.4 Å². The molecule has 4 heteroatoms. The Labute approximate surface area is 136 Å². The number of halogens is 2. The van der Waals surface area contributed by atoms with Gasteiger partial charge in [-0.05, 0) is 0 Å². The topological polar surface area (TPSA) is 12.0 Å². The molecule has 0 radical (unpaired) electrons. The summed E-state index contributed by atoms with van der Waals surface area (Å²) in [6, 6.07) is 0.801. The van der Waals surface area contributed by atoms with Gasteiger partial charge in [0.25, 0.3) is 0 Å². The second-order valence-corrected chi connectivity index (χ2v) is 11.6. The first-order valence-electron chi connectivity index (χ1n) is 7.02. The van der Waals surface area contributed by atoms with E-state index in [0.717, 1.165) is 22.1 Å². The minimum Gasteiger partial charge on any atom is -1.00 e. The number of allylic oxidation sites excluding steroid dienone is 4. The van der Waals surface area contributed by atoms with Gasteiger partial charge in [-0.2, -0.15) is 0 Å². The number of fused-ring (bicyclic) bond motifs is 1. The smallest absolute Gasteiger partial charge is 1.00 e. The molecule has 1 N–H and O–H groups in total. The molecular weight excluding hydrogens is 313 g/mol. The minimum absolute atomic E-state index is 0. The molecule has 0 spiro atoms. The van der Waals surface area contributed by atoms with Crippen LogP contribution in [0.25, 0.3) is 0 Å². The van der Waals surface area contributed by atoms with Crippen molar-refractivity contribution in [3.05, 3.63) is 24.3 Å². The molecule has 4 unspecified atom stereocenters. The van der Waals surface area contributed by atoms with E-state index < -0.39 is 17.9 Å². The third-order valence-electron chi connectivity index (χ3n) is 4.30. The number of rotatable bonds is 2. The third-order valence-corrected chi connectivity index (χ3v) is 8.68. The standard InChI is InChI=1S/C13H20N.C2H4.2ClH.Ti/c1-13(2,3)14-12-8-10-6-4-5-7-11(10)9-12;1-2;;;/h4-8,10-12,14H,9H2,1-3H3;1-2H2;2*1H;/q;;;;+2/p-2. The van der Waals surface area contributed by atoms with E-state index in [1.807, 2.05) is 0 Å². The van der Waals surface area contributed by atoms with Gasteiger partial charge in [-0.3, -0.25) is 0 Å². The van der Waals surface area contributed by atoms with Gasteiger partial charge >= 0.3 is 112 Å². The van der Waals surface area contributed by atoms with E-state index in [9.17, 15) is 0 Å². The van der Waals surface area contributed by atoms with Crippen molar-refractivity contribution in [1.29, 1.82) is 0 Å². The molecule has 0 aromatic rings. The van der Waals surface area contributed by atoms with Crippen molar-refractivity contribution < 1.29 is 42.7 Å². The Balaban J connectivity index is 0.000000902. The predicted octanol–water partition coefficient (Wildman–Crippen LogP) is -2.23. The number of hydrogen-bond acceptors (Lipinski definition) is 1. The fourth-order valence-corrected chi connectivity index (χ4v) is 8.50. The monoisotopic (exact) mass is 336 g/mol. The van der Waals surface area contributed by atoms with Crippen molar-refractivity contribution in [3.8, 4) is 0 Å². The molecule has 0 aromatic carbocycles. The van der Waals surface area contributed by atoms with E-state index in [2.05, 4.69) is 50.4 Å². The van der Waals surface area contributed by atoms with Crippen molar-refractivity contribution in [2.24, 2.45) is 11.8 Å². The SMILES string of the molecule is CC(C)(C)NC1CC2C=CC=CC2[CH]1[Ti+2]1[CH2][CH2]1.[Cl-].[Cl-]. The summed E-state index contributed by atoms with van der Waals surface area (Å²) >= 11 is -0.635. The summed E-state index contributed by atoms with van der Waals surface area (Å²) in [4.78, 5) is 0. The van der Waals surface area contributed by atoms with Crippen molar-refractivity contribution in [1.82, 2.24) is 5.32 Å². The molecular formula is C15H24Cl2NTi. The Hall–Kier alpha value is 0.734. The molecule has 1 saturated heterocycles. The molecule has 0 aromatic heterocycles. The summed E-state index contributed by atoms with van der Waals surface area (Å²) in [5.74, 6) is 1.72. The van der Waals surface area contributed by atoms with Crippen LogP contribution in [0.5, 0.6) is 0 Å². The zero-order valence-corrected chi connectivity index (χ0v) is 15.1. The first-order chi connectivity index (χ1) is 8.04. The Kier molecular flexibility index (Phi) is 6.24. The molecule has 3 aliphatic rings. The van der Waals surface area contributed by atoms with Crippen molar-refractivity contribution >= 4 is 0 Å². The largest absolute Gasteiger partial charge is 1.00 e. The molecule has 0 bridgehead atoms. The van der Waals surface area contributed by atoms with E-state index in [1.165, 1.54) is 6.42 Å². The summed E-state index contributed by atoms with van der Waals surface area (Å²) in [6.45, 7) is 6.94. The van der Waals surface area contributed by atoms with Crippen LogP contribution in [0.2, 0.25) is 13.7 Å². The normalized spacial score (nSPS) is 35.4. The van der Waals surface area contributed by atoms with Crippen LogP contribution in [0.3, 0.4) is 0 Å². The van der Waals surface area contributed by atoms with Crippen LogP contribution in [-0.4, -0.2) is 11.6 Å².